The van der Waals surface area contributed by atoms with Crippen molar-refractivity contribution in [3.8, 4) is 11.3 Å². The zero-order valence-electron chi connectivity index (χ0n) is 10.8. The molecule has 3 heteroatoms. The molecule has 0 fully saturated rings. The standard InChI is InChI=1S/C15H15N3/c1-10-4-5-12-9-13(6-7-14(12)16-10)15-8-11(2)18(3)17-15/h4-9H,1-3H3. The highest BCUT2D eigenvalue weighted by Crippen LogP contribution is 2.23. The lowest BCUT2D eigenvalue weighted by molar-refractivity contribution is 0.743. The maximum absolute atomic E-state index is 4.51. The normalized spacial score (nSPS) is 11.1. The number of pyridine rings is 1. The molecular weight excluding hydrogens is 222 g/mol. The van der Waals surface area contributed by atoms with Crippen LogP contribution in [0.3, 0.4) is 0 Å². The first-order valence-corrected chi connectivity index (χ1v) is 6.02. The first kappa shape index (κ1) is 11.0. The SMILES string of the molecule is Cc1ccc2cc(-c3cc(C)n(C)n3)ccc2n1. The van der Waals surface area contributed by atoms with Gasteiger partial charge in [0.25, 0.3) is 0 Å². The van der Waals surface area contributed by atoms with Crippen LogP contribution in [-0.2, 0) is 7.05 Å². The number of rotatable bonds is 1. The smallest absolute Gasteiger partial charge is 0.0926 e. The Morgan fingerprint density at radius 1 is 1.00 bits per heavy atom. The van der Waals surface area contributed by atoms with Gasteiger partial charge in [0, 0.05) is 29.4 Å². The van der Waals surface area contributed by atoms with Crippen LogP contribution in [0.2, 0.25) is 0 Å². The van der Waals surface area contributed by atoms with Crippen LogP contribution in [0.5, 0.6) is 0 Å². The lowest BCUT2D eigenvalue weighted by Crippen LogP contribution is -1.92. The van der Waals surface area contributed by atoms with E-state index in [-0.39, 0.29) is 0 Å². The molecule has 3 aromatic rings. The Balaban J connectivity index is 2.16. The van der Waals surface area contributed by atoms with Gasteiger partial charge < -0.3 is 0 Å². The maximum Gasteiger partial charge on any atom is 0.0926 e. The first-order valence-electron chi connectivity index (χ1n) is 6.02. The summed E-state index contributed by atoms with van der Waals surface area (Å²) >= 11 is 0. The predicted octanol–water partition coefficient (Wildman–Crippen LogP) is 3.25. The number of nitrogens with zero attached hydrogens (tertiary/aromatic N) is 3. The Kier molecular flexibility index (Phi) is 2.40. The topological polar surface area (TPSA) is 30.7 Å². The molecule has 90 valence electrons. The fraction of sp³-hybridized carbons (Fsp3) is 0.200. The summed E-state index contributed by atoms with van der Waals surface area (Å²) in [6.07, 6.45) is 0. The molecule has 0 radical (unpaired) electrons. The van der Waals surface area contributed by atoms with Gasteiger partial charge in [-0.15, -0.1) is 0 Å². The highest BCUT2D eigenvalue weighted by Gasteiger charge is 2.05. The summed E-state index contributed by atoms with van der Waals surface area (Å²) < 4.78 is 1.90. The molecule has 0 saturated carbocycles. The van der Waals surface area contributed by atoms with Gasteiger partial charge >= 0.3 is 0 Å². The summed E-state index contributed by atoms with van der Waals surface area (Å²) in [7, 11) is 1.96. The monoisotopic (exact) mass is 237 g/mol. The average Bonchev–Trinajstić information content (AvgIpc) is 2.69. The zero-order chi connectivity index (χ0) is 12.7. The van der Waals surface area contributed by atoms with Crippen molar-refractivity contribution >= 4 is 10.9 Å². The number of benzene rings is 1. The Morgan fingerprint density at radius 2 is 1.83 bits per heavy atom. The highest BCUT2D eigenvalue weighted by atomic mass is 15.3. The van der Waals surface area contributed by atoms with E-state index >= 15 is 0 Å². The molecule has 0 aliphatic rings. The molecule has 0 aliphatic heterocycles. The van der Waals surface area contributed by atoms with Crippen LogP contribution in [0.1, 0.15) is 11.4 Å². The van der Waals surface area contributed by atoms with Crippen LogP contribution >= 0.6 is 0 Å². The van der Waals surface area contributed by atoms with Gasteiger partial charge in [0.05, 0.1) is 11.2 Å². The Bertz CT molecular complexity index is 706. The Labute approximate surface area is 106 Å². The number of fused-ring (bicyclic) bond motifs is 1. The largest absolute Gasteiger partial charge is 0.272 e. The van der Waals surface area contributed by atoms with E-state index in [2.05, 4.69) is 47.3 Å². The van der Waals surface area contributed by atoms with E-state index < -0.39 is 0 Å². The van der Waals surface area contributed by atoms with Crippen molar-refractivity contribution in [2.24, 2.45) is 7.05 Å². The fourth-order valence-electron chi connectivity index (χ4n) is 2.09. The van der Waals surface area contributed by atoms with Gasteiger partial charge in [-0.1, -0.05) is 12.1 Å². The van der Waals surface area contributed by atoms with Gasteiger partial charge in [-0.3, -0.25) is 9.67 Å². The minimum atomic E-state index is 1.01. The summed E-state index contributed by atoms with van der Waals surface area (Å²) in [5.41, 5.74) is 5.39. The van der Waals surface area contributed by atoms with Crippen LogP contribution in [-0.4, -0.2) is 14.8 Å². The van der Waals surface area contributed by atoms with E-state index in [0.717, 1.165) is 33.5 Å². The molecule has 0 aliphatic carbocycles. The number of aryl methyl sites for hydroxylation is 3. The molecule has 0 bridgehead atoms. The van der Waals surface area contributed by atoms with Crippen LogP contribution in [0.4, 0.5) is 0 Å². The summed E-state index contributed by atoms with van der Waals surface area (Å²) in [5, 5.41) is 5.66. The van der Waals surface area contributed by atoms with E-state index in [4.69, 9.17) is 0 Å². The van der Waals surface area contributed by atoms with Gasteiger partial charge in [0.15, 0.2) is 0 Å². The van der Waals surface area contributed by atoms with Crippen molar-refractivity contribution in [3.05, 3.63) is 47.8 Å². The Morgan fingerprint density at radius 3 is 2.56 bits per heavy atom. The molecule has 3 rings (SSSR count). The van der Waals surface area contributed by atoms with E-state index in [1.54, 1.807) is 0 Å². The molecule has 0 atom stereocenters. The Hall–Kier alpha value is -2.16. The van der Waals surface area contributed by atoms with E-state index in [0.29, 0.717) is 0 Å². The second-order valence-electron chi connectivity index (χ2n) is 4.65. The fourth-order valence-corrected chi connectivity index (χ4v) is 2.09. The second-order valence-corrected chi connectivity index (χ2v) is 4.65. The second kappa shape index (κ2) is 3.95. The third-order valence-corrected chi connectivity index (χ3v) is 3.24. The van der Waals surface area contributed by atoms with E-state index in [9.17, 15) is 0 Å². The third-order valence-electron chi connectivity index (χ3n) is 3.24. The molecule has 2 aromatic heterocycles. The van der Waals surface area contributed by atoms with Gasteiger partial charge in [-0.2, -0.15) is 5.10 Å². The molecule has 0 spiro atoms. The molecule has 0 N–H and O–H groups in total. The van der Waals surface area contributed by atoms with Gasteiger partial charge in [0.1, 0.15) is 0 Å². The molecule has 2 heterocycles. The minimum Gasteiger partial charge on any atom is -0.272 e. The van der Waals surface area contributed by atoms with Crippen molar-refractivity contribution in [2.45, 2.75) is 13.8 Å². The molecule has 0 amide bonds. The van der Waals surface area contributed by atoms with Crippen LogP contribution in [0, 0.1) is 13.8 Å². The third kappa shape index (κ3) is 1.78. The van der Waals surface area contributed by atoms with Crippen molar-refractivity contribution in [1.82, 2.24) is 14.8 Å². The van der Waals surface area contributed by atoms with E-state index in [1.165, 1.54) is 0 Å². The number of aromatic nitrogens is 3. The van der Waals surface area contributed by atoms with Gasteiger partial charge in [-0.05, 0) is 38.1 Å². The van der Waals surface area contributed by atoms with E-state index in [1.807, 2.05) is 24.7 Å². The van der Waals surface area contributed by atoms with Gasteiger partial charge in [-0.25, -0.2) is 0 Å². The summed E-state index contributed by atoms with van der Waals surface area (Å²) in [4.78, 5) is 4.51. The number of hydrogen-bond acceptors (Lipinski definition) is 2. The maximum atomic E-state index is 4.51. The molecule has 18 heavy (non-hydrogen) atoms. The molecule has 0 unspecified atom stereocenters. The predicted molar refractivity (Wildman–Crippen MR) is 73.4 cm³/mol. The molecular formula is C15H15N3. The molecule has 0 saturated heterocycles. The summed E-state index contributed by atoms with van der Waals surface area (Å²) in [5.74, 6) is 0. The van der Waals surface area contributed by atoms with Crippen LogP contribution in [0.25, 0.3) is 22.2 Å². The lowest BCUT2D eigenvalue weighted by atomic mass is 10.1. The zero-order valence-corrected chi connectivity index (χ0v) is 10.8. The molecule has 3 nitrogen and oxygen atoms in total. The van der Waals surface area contributed by atoms with Crippen molar-refractivity contribution in [1.29, 1.82) is 0 Å². The quantitative estimate of drug-likeness (QED) is 0.650. The summed E-state index contributed by atoms with van der Waals surface area (Å²) in [6.45, 7) is 4.07. The van der Waals surface area contributed by atoms with Crippen molar-refractivity contribution in [3.63, 3.8) is 0 Å². The minimum absolute atomic E-state index is 1.01. The average molecular weight is 237 g/mol. The summed E-state index contributed by atoms with van der Waals surface area (Å²) in [6, 6.07) is 12.5. The van der Waals surface area contributed by atoms with Crippen LogP contribution < -0.4 is 0 Å². The van der Waals surface area contributed by atoms with Gasteiger partial charge in [0.2, 0.25) is 0 Å². The van der Waals surface area contributed by atoms with Crippen LogP contribution in [0.15, 0.2) is 36.4 Å². The highest BCUT2D eigenvalue weighted by molar-refractivity contribution is 5.83. The first-order chi connectivity index (χ1) is 8.63. The van der Waals surface area contributed by atoms with Crippen molar-refractivity contribution in [2.75, 3.05) is 0 Å². The van der Waals surface area contributed by atoms with Crippen molar-refractivity contribution < 1.29 is 0 Å². The molecule has 1 aromatic carbocycles. The lowest BCUT2D eigenvalue weighted by Gasteiger charge is -2.01. The number of hydrogen-bond donors (Lipinski definition) is 0.